The topological polar surface area (TPSA) is 17.1 Å². The van der Waals surface area contributed by atoms with Crippen LogP contribution in [0.2, 0.25) is 5.02 Å². The molecule has 0 aromatic heterocycles. The third kappa shape index (κ3) is 1.94. The Bertz CT molecular complexity index is 312. The molecular formula is C8H6Cl2OS. The van der Waals surface area contributed by atoms with Crippen LogP contribution in [0.3, 0.4) is 0 Å². The van der Waals surface area contributed by atoms with Gasteiger partial charge in [-0.05, 0) is 30.0 Å². The van der Waals surface area contributed by atoms with Gasteiger partial charge in [-0.2, -0.15) is 0 Å². The molecule has 4 heteroatoms. The van der Waals surface area contributed by atoms with E-state index in [1.54, 1.807) is 18.2 Å². The molecule has 0 saturated carbocycles. The monoisotopic (exact) mass is 220 g/mol. The number of halogens is 2. The highest BCUT2D eigenvalue weighted by molar-refractivity contribution is 7.98. The first kappa shape index (κ1) is 9.90. The van der Waals surface area contributed by atoms with Gasteiger partial charge in [-0.25, -0.2) is 0 Å². The van der Waals surface area contributed by atoms with Crippen molar-refractivity contribution in [2.45, 2.75) is 4.90 Å². The average molecular weight is 221 g/mol. The van der Waals surface area contributed by atoms with Crippen LogP contribution < -0.4 is 0 Å². The normalized spacial score (nSPS) is 9.92. The van der Waals surface area contributed by atoms with E-state index in [2.05, 4.69) is 0 Å². The molecule has 0 spiro atoms. The van der Waals surface area contributed by atoms with E-state index in [0.29, 0.717) is 10.6 Å². The van der Waals surface area contributed by atoms with E-state index in [-0.39, 0.29) is 0 Å². The van der Waals surface area contributed by atoms with Gasteiger partial charge < -0.3 is 0 Å². The minimum Gasteiger partial charge on any atom is -0.276 e. The summed E-state index contributed by atoms with van der Waals surface area (Å²) < 4.78 is 0. The van der Waals surface area contributed by atoms with Gasteiger partial charge in [0.2, 0.25) is 0 Å². The maximum Gasteiger partial charge on any atom is 0.253 e. The van der Waals surface area contributed by atoms with E-state index in [4.69, 9.17) is 23.2 Å². The van der Waals surface area contributed by atoms with Crippen molar-refractivity contribution in [2.75, 3.05) is 6.26 Å². The van der Waals surface area contributed by atoms with Gasteiger partial charge in [-0.3, -0.25) is 4.79 Å². The zero-order valence-corrected chi connectivity index (χ0v) is 8.63. The van der Waals surface area contributed by atoms with Crippen LogP contribution in [0.5, 0.6) is 0 Å². The van der Waals surface area contributed by atoms with Gasteiger partial charge in [-0.15, -0.1) is 11.8 Å². The van der Waals surface area contributed by atoms with Crippen molar-refractivity contribution in [3.8, 4) is 0 Å². The Morgan fingerprint density at radius 2 is 2.17 bits per heavy atom. The first-order valence-corrected chi connectivity index (χ1v) is 5.17. The van der Waals surface area contributed by atoms with Crippen molar-refractivity contribution >= 4 is 40.2 Å². The predicted molar refractivity (Wildman–Crippen MR) is 53.4 cm³/mol. The number of thioether (sulfide) groups is 1. The summed E-state index contributed by atoms with van der Waals surface area (Å²) in [5.41, 5.74) is 0.469. The molecule has 0 unspecified atom stereocenters. The maximum absolute atomic E-state index is 10.9. The molecule has 64 valence electrons. The zero-order chi connectivity index (χ0) is 9.14. The molecule has 1 nitrogen and oxygen atoms in total. The standard InChI is InChI=1S/C8H6Cl2OS/c1-12-7-5(8(10)11)3-2-4-6(7)9/h2-4H,1H3. The number of carbonyl (C=O) groups is 1. The molecule has 12 heavy (non-hydrogen) atoms. The molecule has 0 radical (unpaired) electrons. The van der Waals surface area contributed by atoms with Gasteiger partial charge >= 0.3 is 0 Å². The number of hydrogen-bond donors (Lipinski definition) is 0. The van der Waals surface area contributed by atoms with Crippen LogP contribution in [0.4, 0.5) is 0 Å². The number of hydrogen-bond acceptors (Lipinski definition) is 2. The Kier molecular flexibility index (Phi) is 3.44. The predicted octanol–water partition coefficient (Wildman–Crippen LogP) is 3.44. The lowest BCUT2D eigenvalue weighted by Gasteiger charge is -2.03. The molecule has 0 saturated heterocycles. The molecule has 0 fully saturated rings. The largest absolute Gasteiger partial charge is 0.276 e. The molecular weight excluding hydrogens is 215 g/mol. The zero-order valence-electron chi connectivity index (χ0n) is 6.30. The van der Waals surface area contributed by atoms with Gasteiger partial charge in [0.1, 0.15) is 0 Å². The fourth-order valence-corrected chi connectivity index (χ4v) is 2.13. The third-order valence-corrected chi connectivity index (χ3v) is 2.86. The lowest BCUT2D eigenvalue weighted by molar-refractivity contribution is 0.107. The average Bonchev–Trinajstić information content (AvgIpc) is 2.03. The fraction of sp³-hybridized carbons (Fsp3) is 0.125. The van der Waals surface area contributed by atoms with Crippen LogP contribution in [-0.2, 0) is 0 Å². The quantitative estimate of drug-likeness (QED) is 0.562. The van der Waals surface area contributed by atoms with Crippen molar-refractivity contribution in [3.05, 3.63) is 28.8 Å². The summed E-state index contributed by atoms with van der Waals surface area (Å²) in [7, 11) is 0. The van der Waals surface area contributed by atoms with Crippen molar-refractivity contribution in [1.29, 1.82) is 0 Å². The van der Waals surface area contributed by atoms with Crippen LogP contribution in [0.1, 0.15) is 10.4 Å². The molecule has 1 aromatic rings. The van der Waals surface area contributed by atoms with E-state index in [1.807, 2.05) is 6.26 Å². The second-order valence-corrected chi connectivity index (χ2v) is 3.66. The van der Waals surface area contributed by atoms with E-state index in [0.717, 1.165) is 4.90 Å². The van der Waals surface area contributed by atoms with Gasteiger partial charge in [0.25, 0.3) is 5.24 Å². The molecule has 0 aliphatic carbocycles. The van der Waals surface area contributed by atoms with Crippen LogP contribution in [0.25, 0.3) is 0 Å². The Morgan fingerprint density at radius 3 is 2.58 bits per heavy atom. The minimum atomic E-state index is -0.471. The summed E-state index contributed by atoms with van der Waals surface area (Å²) in [6, 6.07) is 5.10. The SMILES string of the molecule is CSc1c(Cl)cccc1C(=O)Cl. The molecule has 1 aromatic carbocycles. The highest BCUT2D eigenvalue weighted by Gasteiger charge is 2.10. The maximum atomic E-state index is 10.9. The lowest BCUT2D eigenvalue weighted by Crippen LogP contribution is -1.91. The summed E-state index contributed by atoms with van der Waals surface area (Å²) in [6.07, 6.45) is 1.85. The lowest BCUT2D eigenvalue weighted by atomic mass is 10.2. The Hall–Kier alpha value is -0.180. The first-order chi connectivity index (χ1) is 5.66. The molecule has 0 aliphatic heterocycles. The molecule has 0 N–H and O–H groups in total. The number of rotatable bonds is 2. The fourth-order valence-electron chi connectivity index (χ4n) is 0.871. The van der Waals surface area contributed by atoms with Gasteiger partial charge in [-0.1, -0.05) is 17.7 Å². The molecule has 0 aliphatic rings. The van der Waals surface area contributed by atoms with Gasteiger partial charge in [0.05, 0.1) is 5.02 Å². The minimum absolute atomic E-state index is 0.469. The Labute approximate surface area is 85.1 Å². The summed E-state index contributed by atoms with van der Waals surface area (Å²) >= 11 is 12.6. The highest BCUT2D eigenvalue weighted by Crippen LogP contribution is 2.29. The van der Waals surface area contributed by atoms with Gasteiger partial charge in [0.15, 0.2) is 0 Å². The summed E-state index contributed by atoms with van der Waals surface area (Å²) in [5, 5.41) is 0.0934. The molecule has 0 amide bonds. The van der Waals surface area contributed by atoms with Crippen molar-refractivity contribution < 1.29 is 4.79 Å². The van der Waals surface area contributed by atoms with E-state index < -0.39 is 5.24 Å². The number of carbonyl (C=O) groups excluding carboxylic acids is 1. The third-order valence-electron chi connectivity index (χ3n) is 1.38. The van der Waals surface area contributed by atoms with Crippen LogP contribution in [-0.4, -0.2) is 11.5 Å². The summed E-state index contributed by atoms with van der Waals surface area (Å²) in [4.78, 5) is 11.6. The van der Waals surface area contributed by atoms with Crippen LogP contribution in [0.15, 0.2) is 23.1 Å². The molecule has 0 heterocycles. The first-order valence-electron chi connectivity index (χ1n) is 3.19. The second-order valence-electron chi connectivity index (χ2n) is 2.09. The Balaban J connectivity index is 3.27. The van der Waals surface area contributed by atoms with Crippen LogP contribution >= 0.6 is 35.0 Å². The summed E-state index contributed by atoms with van der Waals surface area (Å²) in [6.45, 7) is 0. The highest BCUT2D eigenvalue weighted by atomic mass is 35.5. The van der Waals surface area contributed by atoms with Gasteiger partial charge in [0, 0.05) is 10.5 Å². The van der Waals surface area contributed by atoms with Crippen molar-refractivity contribution in [3.63, 3.8) is 0 Å². The number of benzene rings is 1. The van der Waals surface area contributed by atoms with Crippen LogP contribution in [0, 0.1) is 0 Å². The van der Waals surface area contributed by atoms with Crippen molar-refractivity contribution in [2.24, 2.45) is 0 Å². The molecule has 1 rings (SSSR count). The molecule has 0 bridgehead atoms. The van der Waals surface area contributed by atoms with Crippen molar-refractivity contribution in [1.82, 2.24) is 0 Å². The molecule has 0 atom stereocenters. The summed E-state index contributed by atoms with van der Waals surface area (Å²) in [5.74, 6) is 0. The second kappa shape index (κ2) is 4.17. The van der Waals surface area contributed by atoms with E-state index >= 15 is 0 Å². The smallest absolute Gasteiger partial charge is 0.253 e. The Morgan fingerprint density at radius 1 is 1.50 bits per heavy atom. The van der Waals surface area contributed by atoms with E-state index in [9.17, 15) is 4.79 Å². The van der Waals surface area contributed by atoms with E-state index in [1.165, 1.54) is 11.8 Å².